The van der Waals surface area contributed by atoms with Gasteiger partial charge in [-0.2, -0.15) is 0 Å². The van der Waals surface area contributed by atoms with Crippen molar-refractivity contribution in [1.82, 2.24) is 10.2 Å². The second-order valence-corrected chi connectivity index (χ2v) is 6.41. The second kappa shape index (κ2) is 7.63. The predicted octanol–water partition coefficient (Wildman–Crippen LogP) is 2.76. The minimum absolute atomic E-state index is 0.217. The molecule has 0 heterocycles. The van der Waals surface area contributed by atoms with Crippen LogP contribution >= 0.6 is 0 Å². The smallest absolute Gasteiger partial charge is 0.408 e. The normalized spacial score (nSPS) is 12.0. The zero-order valence-electron chi connectivity index (χ0n) is 14.2. The summed E-state index contributed by atoms with van der Waals surface area (Å²) in [7, 11) is 3.27. The number of carbonyl (C=O) groups is 2. The molecule has 1 atom stereocenters. The molecule has 2 amide bonds. The molecule has 0 aliphatic carbocycles. The van der Waals surface area contributed by atoms with Crippen LogP contribution in [0.15, 0.2) is 24.3 Å². The number of ether oxygens (including phenoxy) is 1. The number of benzene rings is 1. The molecule has 0 bridgehead atoms. The van der Waals surface area contributed by atoms with Crippen LogP contribution in [0.4, 0.5) is 10.5 Å². The van der Waals surface area contributed by atoms with Gasteiger partial charge in [0.05, 0.1) is 6.57 Å². The van der Waals surface area contributed by atoms with Crippen molar-refractivity contribution in [2.24, 2.45) is 0 Å². The fourth-order valence-electron chi connectivity index (χ4n) is 1.90. The van der Waals surface area contributed by atoms with Crippen molar-refractivity contribution in [2.75, 3.05) is 14.1 Å². The lowest BCUT2D eigenvalue weighted by atomic mass is 10.0. The standard InChI is InChI=1S/C17H23N3O3/c1-17(2,3)23-16(22)19-14(15(21)20(5)6)11-12-7-9-13(18-4)10-8-12/h7-10,14H,11H2,1-3,5-6H3,(H,19,22)/t14-/m0/s1. The third-order valence-corrected chi connectivity index (χ3v) is 2.94. The van der Waals surface area contributed by atoms with Crippen LogP contribution in [0.2, 0.25) is 0 Å². The van der Waals surface area contributed by atoms with Gasteiger partial charge in [-0.15, -0.1) is 0 Å². The number of hydrogen-bond acceptors (Lipinski definition) is 3. The molecule has 6 nitrogen and oxygen atoms in total. The molecule has 0 saturated carbocycles. The summed E-state index contributed by atoms with van der Waals surface area (Å²) in [6, 6.07) is 6.21. The van der Waals surface area contributed by atoms with E-state index in [4.69, 9.17) is 11.3 Å². The first-order valence-corrected chi connectivity index (χ1v) is 7.29. The highest BCUT2D eigenvalue weighted by molar-refractivity contribution is 5.85. The van der Waals surface area contributed by atoms with Gasteiger partial charge in [-0.3, -0.25) is 4.79 Å². The van der Waals surface area contributed by atoms with Crippen molar-refractivity contribution in [1.29, 1.82) is 0 Å². The Balaban J connectivity index is 2.86. The minimum Gasteiger partial charge on any atom is -0.444 e. The number of likely N-dealkylation sites (N-methyl/N-ethyl adjacent to an activating group) is 1. The number of hydrogen-bond donors (Lipinski definition) is 1. The predicted molar refractivity (Wildman–Crippen MR) is 88.3 cm³/mol. The fourth-order valence-corrected chi connectivity index (χ4v) is 1.90. The van der Waals surface area contributed by atoms with E-state index in [0.717, 1.165) is 5.56 Å². The van der Waals surface area contributed by atoms with Crippen molar-refractivity contribution in [3.63, 3.8) is 0 Å². The monoisotopic (exact) mass is 317 g/mol. The molecule has 0 saturated heterocycles. The van der Waals surface area contributed by atoms with Gasteiger partial charge in [0.1, 0.15) is 11.6 Å². The molecular weight excluding hydrogens is 294 g/mol. The Hall–Kier alpha value is -2.55. The van der Waals surface area contributed by atoms with E-state index in [1.54, 1.807) is 59.1 Å². The average molecular weight is 317 g/mol. The largest absolute Gasteiger partial charge is 0.444 e. The molecule has 0 fully saturated rings. The number of nitrogens with zero attached hydrogens (tertiary/aromatic N) is 2. The van der Waals surface area contributed by atoms with Crippen LogP contribution in [-0.4, -0.2) is 42.6 Å². The molecule has 0 unspecified atom stereocenters. The second-order valence-electron chi connectivity index (χ2n) is 6.41. The summed E-state index contributed by atoms with van der Waals surface area (Å²) in [4.78, 5) is 29.0. The number of amides is 2. The van der Waals surface area contributed by atoms with E-state index < -0.39 is 17.7 Å². The molecule has 1 rings (SSSR count). The van der Waals surface area contributed by atoms with Gasteiger partial charge in [0.15, 0.2) is 5.69 Å². The van der Waals surface area contributed by atoms with Crippen LogP contribution in [0.5, 0.6) is 0 Å². The van der Waals surface area contributed by atoms with E-state index in [-0.39, 0.29) is 5.91 Å². The summed E-state index contributed by atoms with van der Waals surface area (Å²) < 4.78 is 5.21. The average Bonchev–Trinajstić information content (AvgIpc) is 2.44. The lowest BCUT2D eigenvalue weighted by Gasteiger charge is -2.25. The summed E-state index contributed by atoms with van der Waals surface area (Å²) in [5.74, 6) is -0.217. The fraction of sp³-hybridized carbons (Fsp3) is 0.471. The molecular formula is C17H23N3O3. The molecule has 0 spiro atoms. The summed E-state index contributed by atoms with van der Waals surface area (Å²) in [6.07, 6.45) is -0.301. The molecule has 0 radical (unpaired) electrons. The van der Waals surface area contributed by atoms with Crippen LogP contribution in [0.3, 0.4) is 0 Å². The van der Waals surface area contributed by atoms with E-state index in [1.165, 1.54) is 4.90 Å². The Bertz CT molecular complexity index is 595. The molecule has 0 aromatic heterocycles. The Morgan fingerprint density at radius 1 is 1.26 bits per heavy atom. The van der Waals surface area contributed by atoms with E-state index in [1.807, 2.05) is 0 Å². The van der Waals surface area contributed by atoms with Gasteiger partial charge < -0.3 is 15.0 Å². The molecule has 6 heteroatoms. The molecule has 1 aromatic rings. The molecule has 1 N–H and O–H groups in total. The number of nitrogens with one attached hydrogen (secondary N) is 1. The van der Waals surface area contributed by atoms with Crippen LogP contribution < -0.4 is 5.32 Å². The first-order valence-electron chi connectivity index (χ1n) is 7.29. The quantitative estimate of drug-likeness (QED) is 0.869. The van der Waals surface area contributed by atoms with Gasteiger partial charge in [-0.05, 0) is 26.3 Å². The van der Waals surface area contributed by atoms with Gasteiger partial charge in [-0.1, -0.05) is 24.3 Å². The number of alkyl carbamates (subject to hydrolysis) is 1. The number of carbonyl (C=O) groups excluding carboxylic acids is 2. The Labute approximate surface area is 137 Å². The van der Waals surface area contributed by atoms with Gasteiger partial charge in [0, 0.05) is 20.5 Å². The van der Waals surface area contributed by atoms with Crippen LogP contribution in [0.25, 0.3) is 4.85 Å². The Morgan fingerprint density at radius 3 is 2.26 bits per heavy atom. The molecule has 23 heavy (non-hydrogen) atoms. The maximum absolute atomic E-state index is 12.3. The van der Waals surface area contributed by atoms with Crippen molar-refractivity contribution in [3.8, 4) is 0 Å². The minimum atomic E-state index is -0.723. The third kappa shape index (κ3) is 6.39. The van der Waals surface area contributed by atoms with Crippen LogP contribution in [-0.2, 0) is 16.0 Å². The zero-order chi connectivity index (χ0) is 17.6. The third-order valence-electron chi connectivity index (χ3n) is 2.94. The SMILES string of the molecule is [C-]#[N+]c1ccc(C[C@H](NC(=O)OC(C)(C)C)C(=O)N(C)C)cc1. The molecule has 0 aliphatic rings. The van der Waals surface area contributed by atoms with Gasteiger partial charge in [0.25, 0.3) is 0 Å². The highest BCUT2D eigenvalue weighted by Gasteiger charge is 2.25. The highest BCUT2D eigenvalue weighted by Crippen LogP contribution is 2.15. The first-order chi connectivity index (χ1) is 10.6. The first kappa shape index (κ1) is 18.5. The summed E-state index contributed by atoms with van der Waals surface area (Å²) in [5, 5.41) is 2.62. The molecule has 124 valence electrons. The summed E-state index contributed by atoms with van der Waals surface area (Å²) >= 11 is 0. The van der Waals surface area contributed by atoms with Crippen LogP contribution in [0, 0.1) is 6.57 Å². The summed E-state index contributed by atoms with van der Waals surface area (Å²) in [5.41, 5.74) is 0.755. The van der Waals surface area contributed by atoms with E-state index in [9.17, 15) is 9.59 Å². The molecule has 1 aromatic carbocycles. The van der Waals surface area contributed by atoms with E-state index in [0.29, 0.717) is 12.1 Å². The maximum atomic E-state index is 12.3. The van der Waals surface area contributed by atoms with Crippen molar-refractivity contribution in [3.05, 3.63) is 41.2 Å². The zero-order valence-corrected chi connectivity index (χ0v) is 14.2. The maximum Gasteiger partial charge on any atom is 0.408 e. The highest BCUT2D eigenvalue weighted by atomic mass is 16.6. The number of rotatable bonds is 4. The lowest BCUT2D eigenvalue weighted by Crippen LogP contribution is -2.48. The van der Waals surface area contributed by atoms with Gasteiger partial charge in [-0.25, -0.2) is 9.64 Å². The Morgan fingerprint density at radius 2 is 1.83 bits per heavy atom. The van der Waals surface area contributed by atoms with E-state index >= 15 is 0 Å². The van der Waals surface area contributed by atoms with E-state index in [2.05, 4.69) is 10.2 Å². The van der Waals surface area contributed by atoms with Crippen LogP contribution in [0.1, 0.15) is 26.3 Å². The van der Waals surface area contributed by atoms with Gasteiger partial charge in [0.2, 0.25) is 5.91 Å². The van der Waals surface area contributed by atoms with Crippen molar-refractivity contribution >= 4 is 17.7 Å². The topological polar surface area (TPSA) is 63.0 Å². The Kier molecular flexibility index (Phi) is 6.14. The molecule has 0 aliphatic heterocycles. The van der Waals surface area contributed by atoms with Crippen molar-refractivity contribution < 1.29 is 14.3 Å². The lowest BCUT2D eigenvalue weighted by molar-refractivity contribution is -0.130. The van der Waals surface area contributed by atoms with Crippen molar-refractivity contribution in [2.45, 2.75) is 38.8 Å². The summed E-state index contributed by atoms with van der Waals surface area (Å²) in [6.45, 7) is 12.2. The van der Waals surface area contributed by atoms with Gasteiger partial charge >= 0.3 is 6.09 Å².